The van der Waals surface area contributed by atoms with Crippen molar-refractivity contribution < 1.29 is 14.3 Å². The number of para-hydroxylation sites is 1. The topological polar surface area (TPSA) is 97.2 Å². The number of H-pyrrole nitrogens is 1. The Hall–Kier alpha value is -2.48. The lowest BCUT2D eigenvalue weighted by Gasteiger charge is -2.10. The van der Waals surface area contributed by atoms with Gasteiger partial charge >= 0.3 is 0 Å². The van der Waals surface area contributed by atoms with Crippen molar-refractivity contribution in [1.82, 2.24) is 10.3 Å². The molecule has 0 aliphatic heterocycles. The summed E-state index contributed by atoms with van der Waals surface area (Å²) in [6.07, 6.45) is 4.22. The number of fused-ring (bicyclic) bond motifs is 1. The number of halogens is 1. The quantitative estimate of drug-likeness (QED) is 0.218. The molecule has 32 heavy (non-hydrogen) atoms. The highest BCUT2D eigenvalue weighted by atomic mass is 35.5. The molecule has 1 heterocycles. The number of aromatic amines is 1. The second-order valence-electron chi connectivity index (χ2n) is 7.00. The number of ether oxygens (including phenoxy) is 1. The van der Waals surface area contributed by atoms with Gasteiger partial charge in [0.25, 0.3) is 0 Å². The van der Waals surface area contributed by atoms with E-state index in [1.165, 1.54) is 0 Å². The van der Waals surface area contributed by atoms with Gasteiger partial charge in [0.05, 0.1) is 18.8 Å². The first kappa shape index (κ1) is 27.6. The molecule has 0 aliphatic rings. The van der Waals surface area contributed by atoms with E-state index in [1.807, 2.05) is 50.2 Å². The SMILES string of the molecule is CNCC(N)=O.CS.Cc1cc(OCCCc2c(C=O)[nH]c3ccccc23)cc(C)c1Cl. The first-order chi connectivity index (χ1) is 15.4. The van der Waals surface area contributed by atoms with Crippen molar-refractivity contribution in [1.29, 1.82) is 0 Å². The van der Waals surface area contributed by atoms with E-state index < -0.39 is 0 Å². The summed E-state index contributed by atoms with van der Waals surface area (Å²) in [5.74, 6) is 0.515. The van der Waals surface area contributed by atoms with Crippen LogP contribution in [0.15, 0.2) is 36.4 Å². The van der Waals surface area contributed by atoms with Gasteiger partial charge in [-0.3, -0.25) is 9.59 Å². The zero-order chi connectivity index (χ0) is 24.1. The van der Waals surface area contributed by atoms with Crippen LogP contribution in [0.4, 0.5) is 0 Å². The van der Waals surface area contributed by atoms with Crippen molar-refractivity contribution in [2.45, 2.75) is 26.7 Å². The van der Waals surface area contributed by atoms with Crippen molar-refractivity contribution in [3.05, 3.63) is 63.8 Å². The number of aryl methyl sites for hydroxylation is 3. The van der Waals surface area contributed by atoms with Gasteiger partial charge in [-0.15, -0.1) is 0 Å². The van der Waals surface area contributed by atoms with Crippen molar-refractivity contribution in [3.8, 4) is 5.75 Å². The van der Waals surface area contributed by atoms with Crippen LogP contribution in [-0.2, 0) is 11.2 Å². The fourth-order valence-electron chi connectivity index (χ4n) is 3.19. The molecular weight excluding hydrogens is 446 g/mol. The number of thiol groups is 1. The molecule has 1 aromatic heterocycles. The number of aromatic nitrogens is 1. The third-order valence-corrected chi connectivity index (χ3v) is 5.16. The van der Waals surface area contributed by atoms with Gasteiger partial charge in [0, 0.05) is 15.9 Å². The predicted octanol–water partition coefficient (Wildman–Crippen LogP) is 4.50. The zero-order valence-corrected chi connectivity index (χ0v) is 20.6. The van der Waals surface area contributed by atoms with Crippen molar-refractivity contribution in [2.75, 3.05) is 26.5 Å². The van der Waals surface area contributed by atoms with Crippen molar-refractivity contribution >= 4 is 47.3 Å². The Labute approximate surface area is 200 Å². The van der Waals surface area contributed by atoms with Crippen LogP contribution in [-0.4, -0.2) is 43.6 Å². The first-order valence-electron chi connectivity index (χ1n) is 10.2. The highest BCUT2D eigenvalue weighted by Gasteiger charge is 2.10. The third kappa shape index (κ3) is 8.22. The molecule has 1 amide bonds. The Bertz CT molecular complexity index is 998. The van der Waals surface area contributed by atoms with Gasteiger partial charge in [-0.05, 0) is 74.9 Å². The number of aldehydes is 1. The average molecular weight is 478 g/mol. The minimum absolute atomic E-state index is 0.264. The summed E-state index contributed by atoms with van der Waals surface area (Å²) >= 11 is 9.70. The van der Waals surface area contributed by atoms with E-state index in [9.17, 15) is 9.59 Å². The number of hydrogen-bond donors (Lipinski definition) is 4. The third-order valence-electron chi connectivity index (χ3n) is 4.57. The summed E-state index contributed by atoms with van der Waals surface area (Å²) in [4.78, 5) is 24.2. The molecular formula is C24H32ClN3O3S. The van der Waals surface area contributed by atoms with Gasteiger partial charge in [-0.2, -0.15) is 12.6 Å². The van der Waals surface area contributed by atoms with Gasteiger partial charge in [-0.25, -0.2) is 0 Å². The van der Waals surface area contributed by atoms with Gasteiger partial charge in [-0.1, -0.05) is 29.8 Å². The van der Waals surface area contributed by atoms with Crippen LogP contribution in [0, 0.1) is 13.8 Å². The minimum Gasteiger partial charge on any atom is -0.494 e. The van der Waals surface area contributed by atoms with Gasteiger partial charge in [0.1, 0.15) is 5.75 Å². The van der Waals surface area contributed by atoms with E-state index in [1.54, 1.807) is 13.3 Å². The summed E-state index contributed by atoms with van der Waals surface area (Å²) in [6.45, 7) is 4.81. The number of carbonyl (C=O) groups excluding carboxylic acids is 2. The number of hydrogen-bond acceptors (Lipinski definition) is 5. The first-order valence-corrected chi connectivity index (χ1v) is 11.5. The number of carbonyl (C=O) groups is 2. The van der Waals surface area contributed by atoms with Crippen LogP contribution in [0.5, 0.6) is 5.75 Å². The fourth-order valence-corrected chi connectivity index (χ4v) is 3.30. The summed E-state index contributed by atoms with van der Waals surface area (Å²) in [7, 11) is 1.67. The standard InChI is InChI=1S/C20H20ClNO2.C3H8N2O.CH4S/c1-13-10-15(11-14(2)20(13)21)24-9-5-7-17-16-6-3-4-8-18(16)22-19(17)12-23;1-5-2-3(4)6;1-2/h3-4,6,8,10-12,22H,5,7,9H2,1-2H3;5H,2H2,1H3,(H2,4,6);2H,1H3. The van der Waals surface area contributed by atoms with Crippen LogP contribution in [0.25, 0.3) is 10.9 Å². The largest absolute Gasteiger partial charge is 0.494 e. The molecule has 0 spiro atoms. The number of rotatable bonds is 8. The van der Waals surface area contributed by atoms with Crippen LogP contribution >= 0.6 is 24.2 Å². The molecule has 4 N–H and O–H groups in total. The molecule has 174 valence electrons. The van der Waals surface area contributed by atoms with Crippen LogP contribution in [0.1, 0.15) is 33.6 Å². The number of amides is 1. The second kappa shape index (κ2) is 14.6. The smallest absolute Gasteiger partial charge is 0.231 e. The number of likely N-dealkylation sites (N-methyl/N-ethyl adjacent to an activating group) is 1. The van der Waals surface area contributed by atoms with E-state index in [2.05, 4.69) is 22.9 Å². The number of primary amides is 1. The molecule has 3 rings (SSSR count). The summed E-state index contributed by atoms with van der Waals surface area (Å²) < 4.78 is 5.85. The lowest BCUT2D eigenvalue weighted by Crippen LogP contribution is -2.25. The average Bonchev–Trinajstić information content (AvgIpc) is 3.14. The van der Waals surface area contributed by atoms with E-state index in [0.29, 0.717) is 12.3 Å². The molecule has 6 nitrogen and oxygen atoms in total. The Kier molecular flexibility index (Phi) is 12.5. The molecule has 0 fully saturated rings. The maximum absolute atomic E-state index is 11.3. The number of benzene rings is 2. The number of nitrogens with one attached hydrogen (secondary N) is 2. The molecule has 0 atom stereocenters. The molecule has 8 heteroatoms. The Morgan fingerprint density at radius 2 is 1.84 bits per heavy atom. The normalized spacial score (nSPS) is 9.94. The molecule has 0 saturated heterocycles. The molecule has 0 aliphatic carbocycles. The summed E-state index contributed by atoms with van der Waals surface area (Å²) in [5.41, 5.74) is 9.47. The van der Waals surface area contributed by atoms with Crippen LogP contribution in [0.3, 0.4) is 0 Å². The lowest BCUT2D eigenvalue weighted by molar-refractivity contribution is -0.117. The summed E-state index contributed by atoms with van der Waals surface area (Å²) in [6, 6.07) is 11.9. The summed E-state index contributed by atoms with van der Waals surface area (Å²) in [5, 5.41) is 4.49. The maximum atomic E-state index is 11.3. The molecule has 0 radical (unpaired) electrons. The Morgan fingerprint density at radius 3 is 2.38 bits per heavy atom. The predicted molar refractivity (Wildman–Crippen MR) is 136 cm³/mol. The minimum atomic E-state index is -0.322. The molecule has 3 aromatic rings. The van der Waals surface area contributed by atoms with Gasteiger partial charge in [0.15, 0.2) is 6.29 Å². The van der Waals surface area contributed by atoms with E-state index in [4.69, 9.17) is 22.1 Å². The second-order valence-corrected chi connectivity index (χ2v) is 7.38. The highest BCUT2D eigenvalue weighted by molar-refractivity contribution is 7.79. The van der Waals surface area contributed by atoms with Gasteiger partial charge < -0.3 is 20.8 Å². The Morgan fingerprint density at radius 1 is 1.22 bits per heavy atom. The molecule has 0 saturated carbocycles. The maximum Gasteiger partial charge on any atom is 0.231 e. The van der Waals surface area contributed by atoms with Crippen LogP contribution in [0.2, 0.25) is 5.02 Å². The molecule has 0 bridgehead atoms. The van der Waals surface area contributed by atoms with E-state index in [0.717, 1.165) is 57.5 Å². The fraction of sp³-hybridized carbons (Fsp3) is 0.333. The lowest BCUT2D eigenvalue weighted by atomic mass is 10.1. The van der Waals surface area contributed by atoms with E-state index >= 15 is 0 Å². The number of nitrogens with two attached hydrogens (primary N) is 1. The monoisotopic (exact) mass is 477 g/mol. The Balaban J connectivity index is 0.000000556. The van der Waals surface area contributed by atoms with Crippen LogP contribution < -0.4 is 15.8 Å². The zero-order valence-electron chi connectivity index (χ0n) is 19.0. The van der Waals surface area contributed by atoms with Gasteiger partial charge in [0.2, 0.25) is 5.91 Å². The molecule has 2 aromatic carbocycles. The van der Waals surface area contributed by atoms with Crippen molar-refractivity contribution in [2.24, 2.45) is 5.73 Å². The highest BCUT2D eigenvalue weighted by Crippen LogP contribution is 2.26. The molecule has 0 unspecified atom stereocenters. The van der Waals surface area contributed by atoms with Crippen molar-refractivity contribution in [3.63, 3.8) is 0 Å². The van der Waals surface area contributed by atoms with E-state index in [-0.39, 0.29) is 12.5 Å².